The molecule has 2 aromatic rings. The molecule has 0 aliphatic carbocycles. The number of aliphatic hydroxyl groups is 1. The highest BCUT2D eigenvalue weighted by atomic mass is 79.9. The molecule has 0 spiro atoms. The number of fused-ring (bicyclic) bond motifs is 1. The van der Waals surface area contributed by atoms with Gasteiger partial charge in [-0.05, 0) is 40.4 Å². The van der Waals surface area contributed by atoms with Crippen LogP contribution in [-0.4, -0.2) is 9.67 Å². The van der Waals surface area contributed by atoms with Crippen molar-refractivity contribution in [3.05, 3.63) is 34.2 Å². The number of hydrogen-bond donors (Lipinski definition) is 1. The molecule has 0 amide bonds. The minimum atomic E-state index is -0.607. The maximum absolute atomic E-state index is 13.7. The first-order valence-electron chi connectivity index (χ1n) is 6.35. The van der Waals surface area contributed by atoms with E-state index in [0.717, 1.165) is 23.0 Å². The molecule has 104 valence electrons. The lowest BCUT2D eigenvalue weighted by atomic mass is 9.97. The lowest BCUT2D eigenvalue weighted by Gasteiger charge is -2.20. The van der Waals surface area contributed by atoms with E-state index >= 15 is 0 Å². The van der Waals surface area contributed by atoms with Crippen LogP contribution in [0.5, 0.6) is 0 Å². The molecule has 1 unspecified atom stereocenters. The van der Waals surface area contributed by atoms with Gasteiger partial charge >= 0.3 is 0 Å². The summed E-state index contributed by atoms with van der Waals surface area (Å²) >= 11 is 3.23. The van der Waals surface area contributed by atoms with E-state index in [4.69, 9.17) is 0 Å². The third-order valence-corrected chi connectivity index (χ3v) is 3.66. The Balaban J connectivity index is 2.68. The Morgan fingerprint density at radius 3 is 2.53 bits per heavy atom. The molecule has 2 rings (SSSR count). The number of aromatic nitrogens is 1. The zero-order valence-corrected chi connectivity index (χ0v) is 13.3. The van der Waals surface area contributed by atoms with Crippen LogP contribution in [0.3, 0.4) is 0 Å². The Bertz CT molecular complexity index is 611. The quantitative estimate of drug-likeness (QED) is 0.853. The summed E-state index contributed by atoms with van der Waals surface area (Å²) in [6.45, 7) is 8.97. The Morgan fingerprint density at radius 1 is 1.37 bits per heavy atom. The normalized spacial score (nSPS) is 14.1. The zero-order valence-electron chi connectivity index (χ0n) is 11.7. The van der Waals surface area contributed by atoms with Gasteiger partial charge in [0.25, 0.3) is 0 Å². The van der Waals surface area contributed by atoms with Crippen molar-refractivity contribution in [2.24, 2.45) is 5.41 Å². The summed E-state index contributed by atoms with van der Waals surface area (Å²) < 4.78 is 16.2. The highest BCUT2D eigenvalue weighted by Gasteiger charge is 2.18. The third kappa shape index (κ3) is 3.00. The average molecular weight is 328 g/mol. The van der Waals surface area contributed by atoms with Crippen molar-refractivity contribution in [3.63, 3.8) is 0 Å². The predicted octanol–water partition coefficient (Wildman–Crippen LogP) is 4.64. The Morgan fingerprint density at radius 2 is 2.00 bits per heavy atom. The zero-order chi connectivity index (χ0) is 14.4. The minimum absolute atomic E-state index is 0.114. The molecule has 2 nitrogen and oxygen atoms in total. The van der Waals surface area contributed by atoms with Crippen LogP contribution < -0.4 is 0 Å². The molecule has 0 aliphatic heterocycles. The minimum Gasteiger partial charge on any atom is -0.389 e. The molecule has 0 saturated carbocycles. The molecular formula is C15H19BrFNO. The van der Waals surface area contributed by atoms with E-state index in [-0.39, 0.29) is 11.2 Å². The van der Waals surface area contributed by atoms with Gasteiger partial charge in [0, 0.05) is 29.2 Å². The molecule has 1 N–H and O–H groups in total. The predicted molar refractivity (Wildman–Crippen MR) is 79.7 cm³/mol. The molecule has 1 heterocycles. The summed E-state index contributed by atoms with van der Waals surface area (Å²) in [5, 5.41) is 10.6. The van der Waals surface area contributed by atoms with E-state index in [1.54, 1.807) is 13.0 Å². The summed E-state index contributed by atoms with van der Waals surface area (Å²) in [6.07, 6.45) is 1.32. The van der Waals surface area contributed by atoms with Crippen LogP contribution in [-0.2, 0) is 6.54 Å². The smallest absolute Gasteiger partial charge is 0.138 e. The van der Waals surface area contributed by atoms with Gasteiger partial charge in [-0.2, -0.15) is 0 Å². The van der Waals surface area contributed by atoms with Crippen LogP contribution in [0.4, 0.5) is 4.39 Å². The molecule has 4 heteroatoms. The summed E-state index contributed by atoms with van der Waals surface area (Å²) in [7, 11) is 0. The molecule has 0 bridgehead atoms. The highest BCUT2D eigenvalue weighted by Crippen LogP contribution is 2.32. The van der Waals surface area contributed by atoms with E-state index in [1.165, 1.54) is 6.07 Å². The monoisotopic (exact) mass is 327 g/mol. The number of nitrogens with zero attached hydrogens (tertiary/aromatic N) is 1. The first-order valence-corrected chi connectivity index (χ1v) is 7.14. The second kappa shape index (κ2) is 4.91. The third-order valence-electron chi connectivity index (χ3n) is 3.05. The second-order valence-corrected chi connectivity index (χ2v) is 7.09. The van der Waals surface area contributed by atoms with Crippen LogP contribution in [0, 0.1) is 11.2 Å². The highest BCUT2D eigenvalue weighted by molar-refractivity contribution is 9.10. The number of halogens is 2. The van der Waals surface area contributed by atoms with Crippen molar-refractivity contribution in [2.75, 3.05) is 0 Å². The molecular weight excluding hydrogens is 309 g/mol. The lowest BCUT2D eigenvalue weighted by molar-refractivity contribution is 0.200. The van der Waals surface area contributed by atoms with Crippen molar-refractivity contribution in [3.8, 4) is 0 Å². The Hall–Kier alpha value is -0.870. The fourth-order valence-electron chi connectivity index (χ4n) is 2.29. The topological polar surface area (TPSA) is 25.2 Å². The summed E-state index contributed by atoms with van der Waals surface area (Å²) in [5.41, 5.74) is 1.83. The fourth-order valence-corrected chi connectivity index (χ4v) is 2.62. The van der Waals surface area contributed by atoms with Gasteiger partial charge in [0.15, 0.2) is 0 Å². The van der Waals surface area contributed by atoms with Crippen LogP contribution in [0.1, 0.15) is 39.4 Å². The van der Waals surface area contributed by atoms with Gasteiger partial charge < -0.3 is 9.67 Å². The second-order valence-electron chi connectivity index (χ2n) is 6.23. The molecule has 1 aromatic heterocycles. The maximum atomic E-state index is 13.7. The van der Waals surface area contributed by atoms with Gasteiger partial charge in [0.2, 0.25) is 0 Å². The van der Waals surface area contributed by atoms with E-state index in [0.29, 0.717) is 4.47 Å². The SMILES string of the molecule is CC(O)c1cn(CC(C)(C)C)c2cc(Br)c(F)cc12. The molecule has 1 aromatic carbocycles. The molecule has 0 aliphatic rings. The Labute approximate surface area is 121 Å². The number of hydrogen-bond acceptors (Lipinski definition) is 1. The van der Waals surface area contributed by atoms with Gasteiger partial charge in [-0.3, -0.25) is 0 Å². The van der Waals surface area contributed by atoms with Gasteiger partial charge in [-0.15, -0.1) is 0 Å². The van der Waals surface area contributed by atoms with E-state index < -0.39 is 6.10 Å². The van der Waals surface area contributed by atoms with Crippen molar-refractivity contribution in [1.29, 1.82) is 0 Å². The first-order chi connectivity index (χ1) is 8.69. The van der Waals surface area contributed by atoms with Crippen LogP contribution in [0.15, 0.2) is 22.8 Å². The van der Waals surface area contributed by atoms with Crippen molar-refractivity contribution in [1.82, 2.24) is 4.57 Å². The Kier molecular flexibility index (Phi) is 3.76. The van der Waals surface area contributed by atoms with E-state index in [9.17, 15) is 9.50 Å². The van der Waals surface area contributed by atoms with Crippen LogP contribution >= 0.6 is 15.9 Å². The van der Waals surface area contributed by atoms with Crippen molar-refractivity contribution >= 4 is 26.8 Å². The van der Waals surface area contributed by atoms with Crippen molar-refractivity contribution < 1.29 is 9.50 Å². The van der Waals surface area contributed by atoms with Gasteiger partial charge in [-0.25, -0.2) is 4.39 Å². The van der Waals surface area contributed by atoms with Crippen LogP contribution in [0.25, 0.3) is 10.9 Å². The number of rotatable bonds is 2. The number of benzene rings is 1. The largest absolute Gasteiger partial charge is 0.389 e. The molecule has 0 saturated heterocycles. The van der Waals surface area contributed by atoms with Gasteiger partial charge in [-0.1, -0.05) is 20.8 Å². The summed E-state index contributed by atoms with van der Waals surface area (Å²) in [4.78, 5) is 0. The van der Waals surface area contributed by atoms with E-state index in [1.807, 2.05) is 6.20 Å². The van der Waals surface area contributed by atoms with Gasteiger partial charge in [0.05, 0.1) is 10.6 Å². The molecule has 1 atom stereocenters. The molecule has 0 fully saturated rings. The average Bonchev–Trinajstić information content (AvgIpc) is 2.56. The van der Waals surface area contributed by atoms with Crippen LogP contribution in [0.2, 0.25) is 0 Å². The maximum Gasteiger partial charge on any atom is 0.138 e. The van der Waals surface area contributed by atoms with E-state index in [2.05, 4.69) is 41.3 Å². The summed E-state index contributed by atoms with van der Waals surface area (Å²) in [5.74, 6) is -0.303. The first kappa shape index (κ1) is 14.5. The fraction of sp³-hybridized carbons (Fsp3) is 0.467. The summed E-state index contributed by atoms with van der Waals surface area (Å²) in [6, 6.07) is 3.27. The van der Waals surface area contributed by atoms with Crippen molar-refractivity contribution in [2.45, 2.75) is 40.3 Å². The standard InChI is InChI=1S/C15H19BrFNO/c1-9(19)11-7-18(8-15(2,3)4)14-6-12(16)13(17)5-10(11)14/h5-7,9,19H,8H2,1-4H3. The molecule has 19 heavy (non-hydrogen) atoms. The number of aliphatic hydroxyl groups excluding tert-OH is 1. The van der Waals surface area contributed by atoms with Gasteiger partial charge in [0.1, 0.15) is 5.82 Å². The molecule has 0 radical (unpaired) electrons. The lowest BCUT2D eigenvalue weighted by Crippen LogP contribution is -2.14.